The van der Waals surface area contributed by atoms with E-state index >= 15 is 0 Å². The van der Waals surface area contributed by atoms with Crippen LogP contribution in [0.2, 0.25) is 0 Å². The second-order valence-electron chi connectivity index (χ2n) is 5.76. The van der Waals surface area contributed by atoms with E-state index in [1.54, 1.807) is 23.8 Å². The molecule has 3 rings (SSSR count). The Balaban J connectivity index is 1.56. The quantitative estimate of drug-likeness (QED) is 0.832. The predicted molar refractivity (Wildman–Crippen MR) is 72.1 cm³/mol. The summed E-state index contributed by atoms with van der Waals surface area (Å²) in [7, 11) is -3.01. The van der Waals surface area contributed by atoms with Gasteiger partial charge in [0.25, 0.3) is 0 Å². The minimum atomic E-state index is -3.01. The van der Waals surface area contributed by atoms with Crippen LogP contribution in [0.3, 0.4) is 0 Å². The van der Waals surface area contributed by atoms with E-state index in [2.05, 4.69) is 4.90 Å². The van der Waals surface area contributed by atoms with Gasteiger partial charge in [-0.2, -0.15) is 0 Å². The van der Waals surface area contributed by atoms with E-state index in [9.17, 15) is 8.42 Å². The average Bonchev–Trinajstić information content (AvgIpc) is 2.97. The summed E-state index contributed by atoms with van der Waals surface area (Å²) in [5.41, 5.74) is 1.39. The molecule has 1 aromatic heterocycles. The topological polar surface area (TPSA) is 53.8 Å². The van der Waals surface area contributed by atoms with E-state index in [0.717, 1.165) is 26.1 Å². The summed E-state index contributed by atoms with van der Waals surface area (Å²) < 4.78 is 30.5. The minimum absolute atomic E-state index is 0.200. The molecule has 0 saturated carbocycles. The molecule has 106 valence electrons. The van der Waals surface area contributed by atoms with Gasteiger partial charge in [-0.15, -0.1) is 0 Å². The molecule has 0 radical (unpaired) electrons. The summed E-state index contributed by atoms with van der Waals surface area (Å²) in [5.74, 6) is 0.210. The Morgan fingerprint density at radius 2 is 2.16 bits per heavy atom. The Labute approximate surface area is 114 Å². The number of likely N-dealkylation sites (tertiary alicyclic amines) is 1. The first-order valence-electron chi connectivity index (χ1n) is 6.74. The number of rotatable bonds is 4. The average molecular weight is 284 g/mol. The number of hydrogen-bond donors (Lipinski definition) is 0. The molecule has 0 atom stereocenters. The van der Waals surface area contributed by atoms with Crippen molar-refractivity contribution in [2.75, 3.05) is 31.9 Å². The number of hydrogen-bond acceptors (Lipinski definition) is 4. The standard InChI is InChI=1S/C13H20N2O3S/c1-2-19(16,17)15-5-4-13(11-15)9-14(10-13)7-12-3-6-18-8-12/h3,6,8H,2,4-5,7,9-11H2,1H3. The van der Waals surface area contributed by atoms with Crippen molar-refractivity contribution in [3.63, 3.8) is 0 Å². The Morgan fingerprint density at radius 1 is 1.37 bits per heavy atom. The molecule has 6 heteroatoms. The van der Waals surface area contributed by atoms with Crippen LogP contribution in [0.4, 0.5) is 0 Å². The molecule has 0 bridgehead atoms. The van der Waals surface area contributed by atoms with Crippen LogP contribution in [0.5, 0.6) is 0 Å². The zero-order valence-electron chi connectivity index (χ0n) is 11.2. The number of furan rings is 1. The molecule has 0 aliphatic carbocycles. The highest BCUT2D eigenvalue weighted by Gasteiger charge is 2.49. The second kappa shape index (κ2) is 4.61. The highest BCUT2D eigenvalue weighted by Crippen LogP contribution is 2.41. The van der Waals surface area contributed by atoms with Crippen molar-refractivity contribution in [3.8, 4) is 0 Å². The Morgan fingerprint density at radius 3 is 2.79 bits per heavy atom. The molecule has 0 N–H and O–H groups in total. The van der Waals surface area contributed by atoms with Crippen molar-refractivity contribution in [2.24, 2.45) is 5.41 Å². The van der Waals surface area contributed by atoms with Gasteiger partial charge in [0.15, 0.2) is 0 Å². The largest absolute Gasteiger partial charge is 0.472 e. The Kier molecular flexibility index (Phi) is 3.19. The van der Waals surface area contributed by atoms with E-state index in [4.69, 9.17) is 4.42 Å². The molecule has 1 aromatic rings. The van der Waals surface area contributed by atoms with Gasteiger partial charge in [0.1, 0.15) is 0 Å². The molecule has 0 aromatic carbocycles. The smallest absolute Gasteiger partial charge is 0.213 e. The molecule has 0 unspecified atom stereocenters. The lowest BCUT2D eigenvalue weighted by Crippen LogP contribution is -2.57. The van der Waals surface area contributed by atoms with Crippen LogP contribution in [-0.4, -0.2) is 49.6 Å². The minimum Gasteiger partial charge on any atom is -0.472 e. The zero-order chi connectivity index (χ0) is 13.5. The number of sulfonamides is 1. The third-order valence-electron chi connectivity index (χ3n) is 4.27. The van der Waals surface area contributed by atoms with Gasteiger partial charge in [-0.05, 0) is 19.4 Å². The molecular formula is C13H20N2O3S. The third-order valence-corrected chi connectivity index (χ3v) is 6.09. The van der Waals surface area contributed by atoms with Gasteiger partial charge in [-0.3, -0.25) is 4.90 Å². The maximum Gasteiger partial charge on any atom is 0.213 e. The molecule has 1 spiro atoms. The van der Waals surface area contributed by atoms with Crippen molar-refractivity contribution in [3.05, 3.63) is 24.2 Å². The van der Waals surface area contributed by atoms with Crippen LogP contribution in [0.25, 0.3) is 0 Å². The zero-order valence-corrected chi connectivity index (χ0v) is 12.0. The van der Waals surface area contributed by atoms with Crippen molar-refractivity contribution in [1.29, 1.82) is 0 Å². The van der Waals surface area contributed by atoms with Gasteiger partial charge in [-0.25, -0.2) is 12.7 Å². The molecule has 2 aliphatic heterocycles. The molecule has 2 saturated heterocycles. The second-order valence-corrected chi connectivity index (χ2v) is 8.02. The fraction of sp³-hybridized carbons (Fsp3) is 0.692. The maximum atomic E-state index is 11.9. The predicted octanol–water partition coefficient (Wildman–Crippen LogP) is 1.14. The van der Waals surface area contributed by atoms with E-state index in [0.29, 0.717) is 13.1 Å². The SMILES string of the molecule is CCS(=O)(=O)N1CCC2(CN(Cc3ccoc3)C2)C1. The molecule has 2 fully saturated rings. The summed E-state index contributed by atoms with van der Waals surface area (Å²) in [6.07, 6.45) is 4.46. The Bertz CT molecular complexity index is 532. The lowest BCUT2D eigenvalue weighted by Gasteiger charge is -2.48. The molecular weight excluding hydrogens is 264 g/mol. The normalized spacial score (nSPS) is 23.8. The van der Waals surface area contributed by atoms with Crippen molar-refractivity contribution >= 4 is 10.0 Å². The van der Waals surface area contributed by atoms with Gasteiger partial charge in [0.05, 0.1) is 18.3 Å². The lowest BCUT2D eigenvalue weighted by atomic mass is 9.79. The molecule has 0 amide bonds. The summed E-state index contributed by atoms with van der Waals surface area (Å²) in [6, 6.07) is 1.98. The van der Waals surface area contributed by atoms with Crippen LogP contribution in [-0.2, 0) is 16.6 Å². The van der Waals surface area contributed by atoms with E-state index in [-0.39, 0.29) is 11.2 Å². The fourth-order valence-electron chi connectivity index (χ4n) is 3.23. The van der Waals surface area contributed by atoms with Gasteiger partial charge in [0, 0.05) is 43.7 Å². The summed E-state index contributed by atoms with van der Waals surface area (Å²) in [4.78, 5) is 2.35. The van der Waals surface area contributed by atoms with Crippen LogP contribution in [0.15, 0.2) is 23.0 Å². The Hall–Kier alpha value is -0.850. The highest BCUT2D eigenvalue weighted by atomic mass is 32.2. The van der Waals surface area contributed by atoms with Gasteiger partial charge in [-0.1, -0.05) is 0 Å². The fourth-order valence-corrected chi connectivity index (χ4v) is 4.43. The first-order valence-corrected chi connectivity index (χ1v) is 8.35. The monoisotopic (exact) mass is 284 g/mol. The van der Waals surface area contributed by atoms with E-state index in [1.165, 1.54) is 5.56 Å². The highest BCUT2D eigenvalue weighted by molar-refractivity contribution is 7.89. The molecule has 3 heterocycles. The summed E-state index contributed by atoms with van der Waals surface area (Å²) in [6.45, 7) is 5.99. The van der Waals surface area contributed by atoms with E-state index in [1.807, 2.05) is 6.07 Å². The molecule has 19 heavy (non-hydrogen) atoms. The number of nitrogens with zero attached hydrogens (tertiary/aromatic N) is 2. The first kappa shape index (κ1) is 13.1. The molecule has 5 nitrogen and oxygen atoms in total. The van der Waals surface area contributed by atoms with Crippen molar-refractivity contribution in [1.82, 2.24) is 9.21 Å². The van der Waals surface area contributed by atoms with Crippen molar-refractivity contribution in [2.45, 2.75) is 19.9 Å². The van der Waals surface area contributed by atoms with Gasteiger partial charge >= 0.3 is 0 Å². The van der Waals surface area contributed by atoms with Gasteiger partial charge in [0.2, 0.25) is 10.0 Å². The van der Waals surface area contributed by atoms with Crippen LogP contribution in [0.1, 0.15) is 18.9 Å². The third kappa shape index (κ3) is 2.44. The summed E-state index contributed by atoms with van der Waals surface area (Å²) in [5, 5.41) is 0. The van der Waals surface area contributed by atoms with E-state index < -0.39 is 10.0 Å². The van der Waals surface area contributed by atoms with Crippen LogP contribution in [0, 0.1) is 5.41 Å². The lowest BCUT2D eigenvalue weighted by molar-refractivity contribution is 0.00640. The van der Waals surface area contributed by atoms with Gasteiger partial charge < -0.3 is 4.42 Å². The van der Waals surface area contributed by atoms with Crippen LogP contribution >= 0.6 is 0 Å². The first-order chi connectivity index (χ1) is 9.03. The maximum absolute atomic E-state index is 11.9. The molecule has 2 aliphatic rings. The summed E-state index contributed by atoms with van der Waals surface area (Å²) >= 11 is 0. The van der Waals surface area contributed by atoms with Crippen LogP contribution < -0.4 is 0 Å². The van der Waals surface area contributed by atoms with Crippen molar-refractivity contribution < 1.29 is 12.8 Å².